The summed E-state index contributed by atoms with van der Waals surface area (Å²) in [7, 11) is -0.566. The number of aliphatic imine (C=N–C) groups is 1. The molecule has 1 heterocycles. The number of hydrogen-bond donors (Lipinski definition) is 0. The lowest BCUT2D eigenvalue weighted by molar-refractivity contribution is 0.286. The highest BCUT2D eigenvalue weighted by Crippen LogP contribution is 2.63. The minimum atomic E-state index is -0.566. The fourth-order valence-electron chi connectivity index (χ4n) is 5.15. The molecule has 2 nitrogen and oxygen atoms in total. The molecule has 0 amide bonds. The third-order valence-electron chi connectivity index (χ3n) is 6.78. The van der Waals surface area contributed by atoms with Gasteiger partial charge in [-0.1, -0.05) is 86.7 Å². The first-order chi connectivity index (χ1) is 14.7. The Kier molecular flexibility index (Phi) is 5.37. The van der Waals surface area contributed by atoms with Gasteiger partial charge in [-0.25, -0.2) is 4.99 Å². The van der Waals surface area contributed by atoms with Crippen molar-refractivity contribution in [3.63, 3.8) is 0 Å². The van der Waals surface area contributed by atoms with E-state index in [0.717, 1.165) is 25.3 Å². The van der Waals surface area contributed by atoms with Crippen LogP contribution in [0.2, 0.25) is 0 Å². The zero-order valence-corrected chi connectivity index (χ0v) is 18.8. The molecule has 30 heavy (non-hydrogen) atoms. The van der Waals surface area contributed by atoms with Gasteiger partial charge in [0.05, 0.1) is 6.04 Å². The second-order valence-corrected chi connectivity index (χ2v) is 11.1. The van der Waals surface area contributed by atoms with E-state index in [1.165, 1.54) is 29.0 Å². The van der Waals surface area contributed by atoms with Crippen LogP contribution in [0, 0.1) is 11.3 Å². The number of rotatable bonds is 5. The number of hydrogen-bond acceptors (Lipinski definition) is 2. The Morgan fingerprint density at radius 3 is 2.07 bits per heavy atom. The maximum atomic E-state index is 6.20. The molecule has 3 heteroatoms. The summed E-state index contributed by atoms with van der Waals surface area (Å²) in [4.78, 5) is 5.03. The van der Waals surface area contributed by atoms with Crippen LogP contribution in [0.1, 0.15) is 39.5 Å². The van der Waals surface area contributed by atoms with Gasteiger partial charge in [0.2, 0.25) is 5.90 Å². The molecule has 2 aromatic carbocycles. The molecule has 0 N–H and O–H groups in total. The quantitative estimate of drug-likeness (QED) is 0.553. The summed E-state index contributed by atoms with van der Waals surface area (Å²) < 4.78 is 6.20. The zero-order chi connectivity index (χ0) is 20.6. The highest BCUT2D eigenvalue weighted by molar-refractivity contribution is 7.76. The molecule has 5 rings (SSSR count). The summed E-state index contributed by atoms with van der Waals surface area (Å²) in [5, 5.41) is 4.48. The minimum Gasteiger partial charge on any atom is -0.475 e. The number of allylic oxidation sites excluding steroid dienone is 3. The van der Waals surface area contributed by atoms with E-state index < -0.39 is 7.92 Å². The van der Waals surface area contributed by atoms with Crippen LogP contribution < -0.4 is 10.6 Å². The summed E-state index contributed by atoms with van der Waals surface area (Å²) >= 11 is 0. The van der Waals surface area contributed by atoms with Gasteiger partial charge in [-0.15, -0.1) is 0 Å². The van der Waals surface area contributed by atoms with Gasteiger partial charge in [0, 0.05) is 11.0 Å². The van der Waals surface area contributed by atoms with Crippen LogP contribution in [-0.2, 0) is 4.74 Å². The van der Waals surface area contributed by atoms with E-state index in [2.05, 4.69) is 86.7 Å². The van der Waals surface area contributed by atoms with Crippen molar-refractivity contribution in [2.45, 2.75) is 45.6 Å². The lowest BCUT2D eigenvalue weighted by Gasteiger charge is -2.36. The molecule has 2 aromatic rings. The van der Waals surface area contributed by atoms with E-state index in [4.69, 9.17) is 9.73 Å². The van der Waals surface area contributed by atoms with Crippen molar-refractivity contribution < 1.29 is 4.74 Å². The van der Waals surface area contributed by atoms with Gasteiger partial charge < -0.3 is 4.74 Å². The molecule has 2 atom stereocenters. The number of nitrogens with zero attached hydrogens (tertiary/aromatic N) is 1. The van der Waals surface area contributed by atoms with E-state index >= 15 is 0 Å². The van der Waals surface area contributed by atoms with Crippen molar-refractivity contribution in [1.29, 1.82) is 0 Å². The predicted molar refractivity (Wildman–Crippen MR) is 128 cm³/mol. The van der Waals surface area contributed by atoms with Crippen molar-refractivity contribution in [3.8, 4) is 0 Å². The average molecular weight is 416 g/mol. The van der Waals surface area contributed by atoms with Gasteiger partial charge in [-0.3, -0.25) is 0 Å². The lowest BCUT2D eigenvalue weighted by atomic mass is 9.80. The Morgan fingerprint density at radius 2 is 1.50 bits per heavy atom. The summed E-state index contributed by atoms with van der Waals surface area (Å²) in [6.07, 6.45) is 9.59. The van der Waals surface area contributed by atoms with Gasteiger partial charge in [-0.2, -0.15) is 0 Å². The summed E-state index contributed by atoms with van der Waals surface area (Å²) in [5.41, 5.74) is 1.45. The molecule has 2 aliphatic carbocycles. The van der Waals surface area contributed by atoms with Crippen LogP contribution in [0.4, 0.5) is 0 Å². The van der Waals surface area contributed by atoms with Crippen molar-refractivity contribution in [2.24, 2.45) is 16.3 Å². The van der Waals surface area contributed by atoms with Crippen molar-refractivity contribution in [3.05, 3.63) is 83.7 Å². The third-order valence-corrected chi connectivity index (χ3v) is 9.50. The lowest BCUT2D eigenvalue weighted by Crippen LogP contribution is -2.28. The number of ether oxygens (including phenoxy) is 1. The molecule has 0 saturated carbocycles. The Bertz CT molecular complexity index is 949. The van der Waals surface area contributed by atoms with E-state index in [-0.39, 0.29) is 11.5 Å². The first-order valence-corrected chi connectivity index (χ1v) is 12.6. The molecule has 1 spiro atoms. The van der Waals surface area contributed by atoms with E-state index in [9.17, 15) is 0 Å². The average Bonchev–Trinajstić information content (AvgIpc) is 3.51. The fourth-order valence-corrected chi connectivity index (χ4v) is 8.03. The summed E-state index contributed by atoms with van der Waals surface area (Å²) in [6.45, 7) is 5.21. The fraction of sp³-hybridized carbons (Fsp3) is 0.370. The summed E-state index contributed by atoms with van der Waals surface area (Å²) in [6, 6.07) is 22.5. The molecule has 0 bridgehead atoms. The zero-order valence-electron chi connectivity index (χ0n) is 17.9. The molecule has 2 unspecified atom stereocenters. The predicted octanol–water partition coefficient (Wildman–Crippen LogP) is 5.96. The third kappa shape index (κ3) is 3.36. The molecule has 0 aromatic heterocycles. The van der Waals surface area contributed by atoms with Gasteiger partial charge in [0.1, 0.15) is 6.61 Å². The Balaban J connectivity index is 1.58. The SMILES string of the molecule is CC(C)C1COC(C2=CCCC23CCC=C3P(c2ccccc2)c2ccccc2)=N1. The molecule has 0 fully saturated rings. The van der Waals surface area contributed by atoms with Crippen LogP contribution in [0.5, 0.6) is 0 Å². The molecule has 0 radical (unpaired) electrons. The molecular weight excluding hydrogens is 385 g/mol. The van der Waals surface area contributed by atoms with Crippen molar-refractivity contribution in [1.82, 2.24) is 0 Å². The highest BCUT2D eigenvalue weighted by Gasteiger charge is 2.49. The van der Waals surface area contributed by atoms with Crippen LogP contribution >= 0.6 is 7.92 Å². The van der Waals surface area contributed by atoms with Crippen LogP contribution in [0.15, 0.2) is 88.7 Å². The normalized spacial score (nSPS) is 25.6. The van der Waals surface area contributed by atoms with E-state index in [1.807, 2.05) is 0 Å². The second-order valence-electron chi connectivity index (χ2n) is 8.93. The van der Waals surface area contributed by atoms with Gasteiger partial charge in [0.25, 0.3) is 0 Å². The molecule has 0 saturated heterocycles. The maximum Gasteiger partial charge on any atom is 0.212 e. The molecular formula is C27H30NOP. The standard InChI is InChI=1S/C27H30NOP/c1-20(2)24-19-29-26(28-24)23-15-9-17-27(23)18-10-16-25(27)30(21-11-5-3-6-12-21)22-13-7-4-8-14-22/h3-8,11-16,20,24H,9-10,17-19H2,1-2H3. The van der Waals surface area contributed by atoms with Gasteiger partial charge in [0.15, 0.2) is 0 Å². The van der Waals surface area contributed by atoms with Crippen LogP contribution in [-0.4, -0.2) is 18.5 Å². The number of benzene rings is 2. The Hall–Kier alpha value is -2.18. The van der Waals surface area contributed by atoms with Crippen LogP contribution in [0.25, 0.3) is 0 Å². The topological polar surface area (TPSA) is 21.6 Å². The maximum absolute atomic E-state index is 6.20. The monoisotopic (exact) mass is 415 g/mol. The van der Waals surface area contributed by atoms with Gasteiger partial charge in [-0.05, 0) is 55.4 Å². The van der Waals surface area contributed by atoms with E-state index in [0.29, 0.717) is 5.92 Å². The van der Waals surface area contributed by atoms with Crippen LogP contribution in [0.3, 0.4) is 0 Å². The molecule has 1 aliphatic heterocycles. The Morgan fingerprint density at radius 1 is 0.900 bits per heavy atom. The minimum absolute atomic E-state index is 0.0854. The summed E-state index contributed by atoms with van der Waals surface area (Å²) in [5.74, 6) is 1.44. The van der Waals surface area contributed by atoms with E-state index in [1.54, 1.807) is 5.31 Å². The smallest absolute Gasteiger partial charge is 0.212 e. The highest BCUT2D eigenvalue weighted by atomic mass is 31.1. The van der Waals surface area contributed by atoms with Gasteiger partial charge >= 0.3 is 0 Å². The van der Waals surface area contributed by atoms with Crippen molar-refractivity contribution >= 4 is 24.4 Å². The molecule has 3 aliphatic rings. The second kappa shape index (κ2) is 8.16. The first kappa shape index (κ1) is 19.8. The largest absolute Gasteiger partial charge is 0.475 e. The first-order valence-electron chi connectivity index (χ1n) is 11.2. The molecule has 154 valence electrons. The Labute approximate surface area is 181 Å². The van der Waals surface area contributed by atoms with Crippen molar-refractivity contribution in [2.75, 3.05) is 6.61 Å².